The van der Waals surface area contributed by atoms with Crippen LogP contribution in [0.4, 0.5) is 5.69 Å². The summed E-state index contributed by atoms with van der Waals surface area (Å²) in [5.74, 6) is 1.30. The predicted molar refractivity (Wildman–Crippen MR) is 72.5 cm³/mol. The predicted octanol–water partition coefficient (Wildman–Crippen LogP) is 4.27. The number of rotatable bonds is 3. The molecule has 3 heteroatoms. The highest BCUT2D eigenvalue weighted by atomic mass is 35.5. The van der Waals surface area contributed by atoms with Crippen molar-refractivity contribution in [2.75, 3.05) is 5.73 Å². The number of benzene rings is 1. The molecule has 0 radical (unpaired) electrons. The lowest BCUT2D eigenvalue weighted by atomic mass is 9.85. The van der Waals surface area contributed by atoms with E-state index in [1.165, 1.54) is 19.3 Å². The van der Waals surface area contributed by atoms with Crippen molar-refractivity contribution in [2.45, 2.75) is 45.1 Å². The van der Waals surface area contributed by atoms with E-state index in [9.17, 15) is 0 Å². The van der Waals surface area contributed by atoms with Crippen molar-refractivity contribution in [3.05, 3.63) is 23.2 Å². The van der Waals surface area contributed by atoms with Gasteiger partial charge in [-0.3, -0.25) is 0 Å². The molecule has 0 aromatic heterocycles. The average Bonchev–Trinajstić information content (AvgIpc) is 2.34. The Hall–Kier alpha value is -0.890. The summed E-state index contributed by atoms with van der Waals surface area (Å²) in [7, 11) is 0. The van der Waals surface area contributed by atoms with Crippen LogP contribution in [-0.4, -0.2) is 6.10 Å². The molecule has 0 spiro atoms. The van der Waals surface area contributed by atoms with Crippen LogP contribution in [0.1, 0.15) is 39.0 Å². The molecule has 2 nitrogen and oxygen atoms in total. The van der Waals surface area contributed by atoms with Crippen LogP contribution in [0.3, 0.4) is 0 Å². The van der Waals surface area contributed by atoms with E-state index in [-0.39, 0.29) is 6.10 Å². The lowest BCUT2D eigenvalue weighted by molar-refractivity contribution is 0.0912. The molecule has 1 saturated carbocycles. The summed E-state index contributed by atoms with van der Waals surface area (Å²) in [5, 5.41) is 0.616. The zero-order valence-electron chi connectivity index (χ0n) is 10.3. The van der Waals surface area contributed by atoms with Crippen LogP contribution < -0.4 is 10.5 Å². The zero-order valence-corrected chi connectivity index (χ0v) is 11.0. The largest absolute Gasteiger partial charge is 0.486 e. The number of nitrogens with two attached hydrogens (primary N) is 1. The van der Waals surface area contributed by atoms with Gasteiger partial charge in [-0.05, 0) is 43.7 Å². The summed E-state index contributed by atoms with van der Waals surface area (Å²) in [6.45, 7) is 2.22. The second kappa shape index (κ2) is 5.63. The zero-order chi connectivity index (χ0) is 12.3. The van der Waals surface area contributed by atoms with E-state index in [4.69, 9.17) is 22.1 Å². The van der Waals surface area contributed by atoms with E-state index in [1.807, 2.05) is 18.2 Å². The van der Waals surface area contributed by atoms with Crippen molar-refractivity contribution in [2.24, 2.45) is 5.92 Å². The van der Waals surface area contributed by atoms with Crippen LogP contribution in [-0.2, 0) is 0 Å². The fourth-order valence-corrected chi connectivity index (χ4v) is 2.82. The quantitative estimate of drug-likeness (QED) is 0.817. The fraction of sp³-hybridized carbons (Fsp3) is 0.571. The van der Waals surface area contributed by atoms with Crippen molar-refractivity contribution in [1.82, 2.24) is 0 Å². The Balaban J connectivity index is 2.13. The van der Waals surface area contributed by atoms with Crippen LogP contribution in [0.25, 0.3) is 0 Å². The monoisotopic (exact) mass is 253 g/mol. The number of hydrogen-bond donors (Lipinski definition) is 1. The van der Waals surface area contributed by atoms with Gasteiger partial charge in [-0.25, -0.2) is 0 Å². The Labute approximate surface area is 108 Å². The topological polar surface area (TPSA) is 35.2 Å². The van der Waals surface area contributed by atoms with Gasteiger partial charge in [0.25, 0.3) is 0 Å². The van der Waals surface area contributed by atoms with Gasteiger partial charge in [-0.15, -0.1) is 0 Å². The Morgan fingerprint density at radius 1 is 1.35 bits per heavy atom. The normalized spacial score (nSPS) is 24.6. The molecule has 94 valence electrons. The second-order valence-electron chi connectivity index (χ2n) is 4.77. The molecule has 0 amide bonds. The first-order chi connectivity index (χ1) is 8.22. The fourth-order valence-electron chi connectivity index (χ4n) is 2.60. The summed E-state index contributed by atoms with van der Waals surface area (Å²) in [6.07, 6.45) is 6.36. The van der Waals surface area contributed by atoms with Gasteiger partial charge in [0.15, 0.2) is 5.75 Å². The molecule has 1 aliphatic rings. The van der Waals surface area contributed by atoms with Crippen molar-refractivity contribution in [1.29, 1.82) is 0 Å². The smallest absolute Gasteiger partial charge is 0.161 e. The Morgan fingerprint density at radius 2 is 2.12 bits per heavy atom. The van der Waals surface area contributed by atoms with E-state index < -0.39 is 0 Å². The molecule has 2 atom stereocenters. The van der Waals surface area contributed by atoms with Gasteiger partial charge in [-0.2, -0.15) is 0 Å². The summed E-state index contributed by atoms with van der Waals surface area (Å²) in [5.41, 5.74) is 6.55. The molecule has 2 N–H and O–H groups in total. The van der Waals surface area contributed by atoms with Gasteiger partial charge in [0.2, 0.25) is 0 Å². The Bertz CT molecular complexity index is 360. The van der Waals surface area contributed by atoms with Crippen LogP contribution in [0.5, 0.6) is 5.75 Å². The van der Waals surface area contributed by atoms with E-state index in [2.05, 4.69) is 6.92 Å². The van der Waals surface area contributed by atoms with Crippen LogP contribution in [0.2, 0.25) is 5.02 Å². The van der Waals surface area contributed by atoms with Gasteiger partial charge >= 0.3 is 0 Å². The van der Waals surface area contributed by atoms with Gasteiger partial charge < -0.3 is 10.5 Å². The van der Waals surface area contributed by atoms with Crippen molar-refractivity contribution < 1.29 is 4.74 Å². The van der Waals surface area contributed by atoms with Gasteiger partial charge in [0, 0.05) is 0 Å². The molecule has 1 aromatic rings. The lowest BCUT2D eigenvalue weighted by Gasteiger charge is -2.31. The van der Waals surface area contributed by atoms with Crippen LogP contribution >= 0.6 is 11.6 Å². The molecule has 0 heterocycles. The molecule has 1 aromatic carbocycles. The molecular formula is C14H20ClNO. The maximum Gasteiger partial charge on any atom is 0.161 e. The summed E-state index contributed by atoms with van der Waals surface area (Å²) in [6, 6.07) is 5.52. The number of nitrogen functional groups attached to an aromatic ring is 1. The first-order valence-electron chi connectivity index (χ1n) is 6.43. The summed E-state index contributed by atoms with van der Waals surface area (Å²) in [4.78, 5) is 0. The summed E-state index contributed by atoms with van der Waals surface area (Å²) < 4.78 is 6.06. The maximum absolute atomic E-state index is 6.13. The molecule has 1 fully saturated rings. The Kier molecular flexibility index (Phi) is 4.16. The third kappa shape index (κ3) is 2.86. The molecule has 2 unspecified atom stereocenters. The molecule has 1 aliphatic carbocycles. The maximum atomic E-state index is 6.13. The first-order valence-corrected chi connectivity index (χ1v) is 6.80. The lowest BCUT2D eigenvalue weighted by Crippen LogP contribution is -2.30. The highest BCUT2D eigenvalue weighted by Crippen LogP contribution is 2.36. The Morgan fingerprint density at radius 3 is 2.82 bits per heavy atom. The third-order valence-electron chi connectivity index (χ3n) is 3.63. The number of hydrogen-bond acceptors (Lipinski definition) is 2. The number of anilines is 1. The van der Waals surface area contributed by atoms with E-state index >= 15 is 0 Å². The standard InChI is InChI=1S/C14H20ClNO/c1-2-10-6-3-4-9-13(10)17-14-11(15)7-5-8-12(14)16/h5,7-8,10,13H,2-4,6,9,16H2,1H3. The summed E-state index contributed by atoms with van der Waals surface area (Å²) >= 11 is 6.13. The number of ether oxygens (including phenoxy) is 1. The number of para-hydroxylation sites is 1. The van der Waals surface area contributed by atoms with E-state index in [0.717, 1.165) is 12.8 Å². The highest BCUT2D eigenvalue weighted by molar-refractivity contribution is 6.32. The molecular weight excluding hydrogens is 234 g/mol. The molecule has 2 rings (SSSR count). The molecule has 17 heavy (non-hydrogen) atoms. The van der Waals surface area contributed by atoms with Crippen LogP contribution in [0, 0.1) is 5.92 Å². The average molecular weight is 254 g/mol. The van der Waals surface area contributed by atoms with Crippen molar-refractivity contribution in [3.8, 4) is 5.75 Å². The first kappa shape index (κ1) is 12.6. The van der Waals surface area contributed by atoms with Gasteiger partial charge in [-0.1, -0.05) is 31.0 Å². The highest BCUT2D eigenvalue weighted by Gasteiger charge is 2.26. The minimum Gasteiger partial charge on any atom is -0.486 e. The van der Waals surface area contributed by atoms with Crippen molar-refractivity contribution >= 4 is 17.3 Å². The van der Waals surface area contributed by atoms with Crippen molar-refractivity contribution in [3.63, 3.8) is 0 Å². The molecule has 0 aliphatic heterocycles. The van der Waals surface area contributed by atoms with Gasteiger partial charge in [0.1, 0.15) is 6.10 Å². The molecule has 0 saturated heterocycles. The van der Waals surface area contributed by atoms with Crippen LogP contribution in [0.15, 0.2) is 18.2 Å². The van der Waals surface area contributed by atoms with E-state index in [1.54, 1.807) is 0 Å². The SMILES string of the molecule is CCC1CCCCC1Oc1c(N)cccc1Cl. The minimum absolute atomic E-state index is 0.274. The number of halogens is 1. The third-order valence-corrected chi connectivity index (χ3v) is 3.93. The van der Waals surface area contributed by atoms with Gasteiger partial charge in [0.05, 0.1) is 10.7 Å². The molecule has 0 bridgehead atoms. The second-order valence-corrected chi connectivity index (χ2v) is 5.17. The van der Waals surface area contributed by atoms with E-state index in [0.29, 0.717) is 22.4 Å². The minimum atomic E-state index is 0.274.